The van der Waals surface area contributed by atoms with Crippen LogP contribution < -0.4 is 4.74 Å². The summed E-state index contributed by atoms with van der Waals surface area (Å²) < 4.78 is 10.2. The van der Waals surface area contributed by atoms with Crippen LogP contribution in [0.15, 0.2) is 18.2 Å². The Morgan fingerprint density at radius 3 is 2.88 bits per heavy atom. The highest BCUT2D eigenvalue weighted by molar-refractivity contribution is 7.99. The number of aromatic carboxylic acids is 1. The number of hydrogen-bond acceptors (Lipinski definition) is 4. The normalized spacial score (nSPS) is 15.4. The Kier molecular flexibility index (Phi) is 3.91. The second-order valence-corrected chi connectivity index (χ2v) is 5.10. The number of methoxy groups -OCH3 is 1. The number of benzene rings is 1. The molecule has 0 amide bonds. The molecule has 2 rings (SSSR count). The van der Waals surface area contributed by atoms with E-state index in [1.807, 2.05) is 17.8 Å². The Morgan fingerprint density at radius 1 is 1.59 bits per heavy atom. The second kappa shape index (κ2) is 5.42. The summed E-state index contributed by atoms with van der Waals surface area (Å²) >= 11 is 1.82. The average Bonchev–Trinajstić information content (AvgIpc) is 2.26. The molecule has 17 heavy (non-hydrogen) atoms. The van der Waals surface area contributed by atoms with Gasteiger partial charge in [-0.15, -0.1) is 11.8 Å². The van der Waals surface area contributed by atoms with Crippen LogP contribution in [0.25, 0.3) is 0 Å². The molecule has 0 bridgehead atoms. The monoisotopic (exact) mass is 254 g/mol. The molecule has 0 unspecified atom stereocenters. The van der Waals surface area contributed by atoms with Crippen LogP contribution >= 0.6 is 11.8 Å². The second-order valence-electron chi connectivity index (χ2n) is 3.81. The highest BCUT2D eigenvalue weighted by Crippen LogP contribution is 2.26. The van der Waals surface area contributed by atoms with Crippen molar-refractivity contribution < 1.29 is 19.4 Å². The molecule has 1 fully saturated rings. The Morgan fingerprint density at radius 2 is 2.35 bits per heavy atom. The van der Waals surface area contributed by atoms with Gasteiger partial charge in [0.15, 0.2) is 0 Å². The minimum Gasteiger partial charge on any atom is -0.496 e. The van der Waals surface area contributed by atoms with E-state index in [0.717, 1.165) is 24.5 Å². The van der Waals surface area contributed by atoms with Crippen LogP contribution in [0.2, 0.25) is 0 Å². The van der Waals surface area contributed by atoms with Gasteiger partial charge in [0.05, 0.1) is 25.6 Å². The predicted octanol–water partition coefficient (Wildman–Crippen LogP) is 2.03. The summed E-state index contributed by atoms with van der Waals surface area (Å²) in [6, 6.07) is 5.21. The molecule has 1 heterocycles. The van der Waals surface area contributed by atoms with Crippen LogP contribution in [0, 0.1) is 0 Å². The van der Waals surface area contributed by atoms with Gasteiger partial charge in [-0.05, 0) is 17.7 Å². The van der Waals surface area contributed by atoms with Crippen molar-refractivity contribution in [2.45, 2.75) is 11.0 Å². The van der Waals surface area contributed by atoms with Gasteiger partial charge < -0.3 is 14.6 Å². The molecule has 1 aliphatic rings. The van der Waals surface area contributed by atoms with E-state index in [2.05, 4.69) is 0 Å². The lowest BCUT2D eigenvalue weighted by Crippen LogP contribution is -2.30. The topological polar surface area (TPSA) is 55.8 Å². The number of carboxylic acid groups (broad SMARTS) is 1. The molecule has 1 aromatic rings. The fourth-order valence-electron chi connectivity index (χ4n) is 1.53. The summed E-state index contributed by atoms with van der Waals surface area (Å²) in [5.41, 5.74) is 1.27. The molecule has 5 heteroatoms. The van der Waals surface area contributed by atoms with Gasteiger partial charge in [0.25, 0.3) is 0 Å². The largest absolute Gasteiger partial charge is 0.496 e. The minimum atomic E-state index is -0.964. The molecule has 0 saturated carbocycles. The number of carboxylic acids is 1. The third kappa shape index (κ3) is 2.92. The standard InChI is InChI=1S/C12H14O4S/c1-15-11-4-8(2-3-10(11)12(13)14)7-17-9-5-16-6-9/h2-4,9H,5-7H2,1H3,(H,13,14). The van der Waals surface area contributed by atoms with Gasteiger partial charge in [0, 0.05) is 5.75 Å². The van der Waals surface area contributed by atoms with Crippen molar-refractivity contribution in [2.75, 3.05) is 20.3 Å². The van der Waals surface area contributed by atoms with Crippen molar-refractivity contribution in [3.05, 3.63) is 29.3 Å². The van der Waals surface area contributed by atoms with Crippen molar-refractivity contribution in [3.63, 3.8) is 0 Å². The van der Waals surface area contributed by atoms with E-state index in [4.69, 9.17) is 14.6 Å². The van der Waals surface area contributed by atoms with Gasteiger partial charge in [-0.1, -0.05) is 6.07 Å². The zero-order chi connectivity index (χ0) is 12.3. The molecular weight excluding hydrogens is 240 g/mol. The van der Waals surface area contributed by atoms with Crippen LogP contribution in [-0.2, 0) is 10.5 Å². The maximum Gasteiger partial charge on any atom is 0.339 e. The first-order valence-electron chi connectivity index (χ1n) is 5.30. The van der Waals surface area contributed by atoms with Crippen LogP contribution in [0.3, 0.4) is 0 Å². The molecule has 1 saturated heterocycles. The molecule has 1 aromatic carbocycles. The lowest BCUT2D eigenvalue weighted by atomic mass is 10.1. The highest BCUT2D eigenvalue weighted by Gasteiger charge is 2.19. The first kappa shape index (κ1) is 12.3. The summed E-state index contributed by atoms with van der Waals surface area (Å²) in [4.78, 5) is 10.9. The van der Waals surface area contributed by atoms with E-state index < -0.39 is 5.97 Å². The maximum absolute atomic E-state index is 10.9. The molecular formula is C12H14O4S. The van der Waals surface area contributed by atoms with E-state index >= 15 is 0 Å². The quantitative estimate of drug-likeness (QED) is 0.871. The number of hydrogen-bond donors (Lipinski definition) is 1. The number of rotatable bonds is 5. The molecule has 0 aliphatic carbocycles. The predicted molar refractivity (Wildman–Crippen MR) is 65.9 cm³/mol. The summed E-state index contributed by atoms with van der Waals surface area (Å²) in [6.07, 6.45) is 0. The highest BCUT2D eigenvalue weighted by atomic mass is 32.2. The molecule has 4 nitrogen and oxygen atoms in total. The van der Waals surface area contributed by atoms with Gasteiger partial charge in [0.1, 0.15) is 11.3 Å². The fourth-order valence-corrected chi connectivity index (χ4v) is 2.52. The van der Waals surface area contributed by atoms with Crippen molar-refractivity contribution in [3.8, 4) is 5.75 Å². The number of carbonyl (C=O) groups is 1. The van der Waals surface area contributed by atoms with E-state index in [0.29, 0.717) is 11.0 Å². The Labute approximate surface area is 104 Å². The zero-order valence-electron chi connectivity index (χ0n) is 9.51. The third-order valence-electron chi connectivity index (χ3n) is 2.59. The molecule has 92 valence electrons. The third-order valence-corrected chi connectivity index (χ3v) is 3.83. The van der Waals surface area contributed by atoms with Crippen molar-refractivity contribution in [2.24, 2.45) is 0 Å². The molecule has 0 atom stereocenters. The van der Waals surface area contributed by atoms with Crippen LogP contribution in [-0.4, -0.2) is 36.6 Å². The fraction of sp³-hybridized carbons (Fsp3) is 0.417. The van der Waals surface area contributed by atoms with E-state index in [9.17, 15) is 4.79 Å². The van der Waals surface area contributed by atoms with Gasteiger partial charge in [0.2, 0.25) is 0 Å². The van der Waals surface area contributed by atoms with Gasteiger partial charge in [-0.2, -0.15) is 0 Å². The van der Waals surface area contributed by atoms with Crippen LogP contribution in [0.5, 0.6) is 5.75 Å². The lowest BCUT2D eigenvalue weighted by molar-refractivity contribution is 0.0455. The molecule has 0 aromatic heterocycles. The van der Waals surface area contributed by atoms with E-state index in [1.165, 1.54) is 7.11 Å². The Balaban J connectivity index is 2.04. The smallest absolute Gasteiger partial charge is 0.339 e. The maximum atomic E-state index is 10.9. The first-order valence-corrected chi connectivity index (χ1v) is 6.35. The van der Waals surface area contributed by atoms with Crippen molar-refractivity contribution in [1.29, 1.82) is 0 Å². The van der Waals surface area contributed by atoms with E-state index in [1.54, 1.807) is 12.1 Å². The van der Waals surface area contributed by atoms with Crippen molar-refractivity contribution >= 4 is 17.7 Å². The zero-order valence-corrected chi connectivity index (χ0v) is 10.3. The summed E-state index contributed by atoms with van der Waals surface area (Å²) in [5.74, 6) is 0.304. The van der Waals surface area contributed by atoms with E-state index in [-0.39, 0.29) is 5.56 Å². The lowest BCUT2D eigenvalue weighted by Gasteiger charge is -2.25. The van der Waals surface area contributed by atoms with Crippen LogP contribution in [0.4, 0.5) is 0 Å². The van der Waals surface area contributed by atoms with Gasteiger partial charge >= 0.3 is 5.97 Å². The van der Waals surface area contributed by atoms with Crippen molar-refractivity contribution in [1.82, 2.24) is 0 Å². The number of ether oxygens (including phenoxy) is 2. The summed E-state index contributed by atoms with van der Waals surface area (Å²) in [7, 11) is 1.48. The Hall–Kier alpha value is -1.20. The van der Waals surface area contributed by atoms with Gasteiger partial charge in [-0.3, -0.25) is 0 Å². The molecule has 0 radical (unpaired) electrons. The SMILES string of the molecule is COc1cc(CSC2COC2)ccc1C(=O)O. The van der Waals surface area contributed by atoms with Crippen LogP contribution in [0.1, 0.15) is 15.9 Å². The Bertz CT molecular complexity index is 415. The van der Waals surface area contributed by atoms with Gasteiger partial charge in [-0.25, -0.2) is 4.79 Å². The summed E-state index contributed by atoms with van der Waals surface area (Å²) in [5, 5.41) is 9.52. The first-order chi connectivity index (χ1) is 8.20. The average molecular weight is 254 g/mol. The minimum absolute atomic E-state index is 0.202. The number of thioether (sulfide) groups is 1. The summed E-state index contributed by atoms with van der Waals surface area (Å²) in [6.45, 7) is 1.63. The molecule has 0 spiro atoms. The molecule has 1 N–H and O–H groups in total. The molecule has 1 aliphatic heterocycles.